The maximum absolute atomic E-state index is 6.43. The van der Waals surface area contributed by atoms with Crippen LogP contribution in [0.15, 0.2) is 43.2 Å². The van der Waals surface area contributed by atoms with E-state index in [1.54, 1.807) is 23.3 Å². The maximum Gasteiger partial charge on any atom is 0.146 e. The molecule has 1 saturated heterocycles. The van der Waals surface area contributed by atoms with Crippen molar-refractivity contribution in [2.75, 3.05) is 20.0 Å². The quantitative estimate of drug-likeness (QED) is 0.635. The number of benzene rings is 1. The summed E-state index contributed by atoms with van der Waals surface area (Å²) in [6, 6.07) is 5.33. The molecule has 2 unspecified atom stereocenters. The summed E-state index contributed by atoms with van der Waals surface area (Å²) in [6.45, 7) is 5.34. The van der Waals surface area contributed by atoms with Gasteiger partial charge in [-0.1, -0.05) is 42.3 Å². The lowest BCUT2D eigenvalue weighted by Gasteiger charge is -2.42. The Morgan fingerprint density at radius 1 is 1.33 bits per heavy atom. The summed E-state index contributed by atoms with van der Waals surface area (Å²) in [7, 11) is 0. The zero-order chi connectivity index (χ0) is 19.3. The highest BCUT2D eigenvalue weighted by atomic mass is 35.5. The highest BCUT2D eigenvalue weighted by Crippen LogP contribution is 2.37. The molecular weight excluding hydrogens is 389 g/mol. The summed E-state index contributed by atoms with van der Waals surface area (Å²) in [5, 5.41) is 5.58. The molecule has 2 heterocycles. The van der Waals surface area contributed by atoms with Crippen molar-refractivity contribution in [2.24, 2.45) is 5.41 Å². The molecule has 0 aliphatic carbocycles. The molecule has 1 aliphatic rings. The number of allylic oxidation sites excluding steroid dienone is 1. The second kappa shape index (κ2) is 9.06. The Kier molecular flexibility index (Phi) is 6.76. The second-order valence-corrected chi connectivity index (χ2v) is 7.72. The average molecular weight is 412 g/mol. The van der Waals surface area contributed by atoms with E-state index in [1.807, 2.05) is 25.1 Å². The predicted molar refractivity (Wildman–Crippen MR) is 104 cm³/mol. The third-order valence-electron chi connectivity index (χ3n) is 4.65. The zero-order valence-corrected chi connectivity index (χ0v) is 16.9. The molecule has 0 radical (unpaired) electrons. The smallest absolute Gasteiger partial charge is 0.146 e. The van der Waals surface area contributed by atoms with Crippen LogP contribution in [0.2, 0.25) is 10.0 Å². The first-order valence-electron chi connectivity index (χ1n) is 8.73. The first-order chi connectivity index (χ1) is 13.0. The van der Waals surface area contributed by atoms with E-state index in [9.17, 15) is 0 Å². The predicted octanol–water partition coefficient (Wildman–Crippen LogP) is 4.30. The molecule has 27 heavy (non-hydrogen) atoms. The Balaban J connectivity index is 1.98. The molecule has 146 valence electrons. The molecule has 8 heteroatoms. The van der Waals surface area contributed by atoms with E-state index in [1.165, 1.54) is 6.33 Å². The van der Waals surface area contributed by atoms with Crippen LogP contribution in [-0.4, -0.2) is 40.9 Å². The van der Waals surface area contributed by atoms with E-state index in [-0.39, 0.29) is 17.6 Å². The lowest BCUT2D eigenvalue weighted by atomic mass is 9.79. The van der Waals surface area contributed by atoms with Crippen molar-refractivity contribution in [1.29, 1.82) is 0 Å². The molecular formula is C19H23Cl2N3O3. The van der Waals surface area contributed by atoms with E-state index in [0.29, 0.717) is 36.5 Å². The third kappa shape index (κ3) is 4.82. The van der Waals surface area contributed by atoms with Crippen molar-refractivity contribution in [3.8, 4) is 0 Å². The van der Waals surface area contributed by atoms with Crippen molar-refractivity contribution < 1.29 is 14.2 Å². The van der Waals surface area contributed by atoms with Crippen molar-refractivity contribution >= 4 is 23.2 Å². The van der Waals surface area contributed by atoms with Crippen molar-refractivity contribution in [3.05, 3.63) is 58.8 Å². The van der Waals surface area contributed by atoms with E-state index < -0.39 is 0 Å². The van der Waals surface area contributed by atoms with E-state index in [4.69, 9.17) is 37.4 Å². The zero-order valence-electron chi connectivity index (χ0n) is 15.3. The van der Waals surface area contributed by atoms with Gasteiger partial charge in [-0.25, -0.2) is 9.67 Å². The molecule has 0 saturated carbocycles. The SMILES string of the molecule is C/C=C\OC(C(Cc1ccc(Cl)cc1Cl)n1cncn1)C1(C)COCOC1. The van der Waals surface area contributed by atoms with Crippen LogP contribution >= 0.6 is 23.2 Å². The van der Waals surface area contributed by atoms with Crippen LogP contribution in [0, 0.1) is 5.41 Å². The van der Waals surface area contributed by atoms with Crippen LogP contribution in [0.25, 0.3) is 0 Å². The average Bonchev–Trinajstić information content (AvgIpc) is 3.18. The third-order valence-corrected chi connectivity index (χ3v) is 5.24. The van der Waals surface area contributed by atoms with Gasteiger partial charge in [-0.3, -0.25) is 0 Å². The highest BCUT2D eigenvalue weighted by Gasteiger charge is 2.44. The van der Waals surface area contributed by atoms with Crippen LogP contribution in [0.4, 0.5) is 0 Å². The van der Waals surface area contributed by atoms with Gasteiger partial charge >= 0.3 is 0 Å². The summed E-state index contributed by atoms with van der Waals surface area (Å²) in [5.41, 5.74) is 0.588. The van der Waals surface area contributed by atoms with Gasteiger partial charge in [0.1, 0.15) is 25.6 Å². The number of ether oxygens (including phenoxy) is 3. The standard InChI is InChI=1S/C19H23Cl2N3O3/c1-3-6-27-18(19(2)9-25-13-26-10-19)17(24-12-22-11-23-24)7-14-4-5-15(20)8-16(14)21/h3-6,8,11-12,17-18H,7,9-10,13H2,1-2H3/b6-3-. The minimum absolute atomic E-state index is 0.169. The number of nitrogens with zero attached hydrogens (tertiary/aromatic N) is 3. The van der Waals surface area contributed by atoms with Gasteiger partial charge in [0, 0.05) is 16.5 Å². The highest BCUT2D eigenvalue weighted by molar-refractivity contribution is 6.35. The summed E-state index contributed by atoms with van der Waals surface area (Å²) >= 11 is 12.5. The fourth-order valence-corrected chi connectivity index (χ4v) is 3.82. The van der Waals surface area contributed by atoms with Crippen LogP contribution in [-0.2, 0) is 20.6 Å². The number of rotatable bonds is 7. The number of hydrogen-bond donors (Lipinski definition) is 0. The van der Waals surface area contributed by atoms with Gasteiger partial charge in [0.25, 0.3) is 0 Å². The molecule has 1 aliphatic heterocycles. The van der Waals surface area contributed by atoms with Crippen LogP contribution in [0.3, 0.4) is 0 Å². The van der Waals surface area contributed by atoms with Gasteiger partial charge in [-0.05, 0) is 24.6 Å². The monoisotopic (exact) mass is 411 g/mol. The molecule has 6 nitrogen and oxygen atoms in total. The topological polar surface area (TPSA) is 58.4 Å². The van der Waals surface area contributed by atoms with Gasteiger partial charge < -0.3 is 14.2 Å². The number of hydrogen-bond acceptors (Lipinski definition) is 5. The summed E-state index contributed by atoms with van der Waals surface area (Å²) in [4.78, 5) is 4.11. The van der Waals surface area contributed by atoms with Crippen molar-refractivity contribution in [1.82, 2.24) is 14.8 Å². The molecule has 0 amide bonds. The lowest BCUT2D eigenvalue weighted by molar-refractivity contribution is -0.197. The minimum Gasteiger partial charge on any atom is -0.495 e. The molecule has 2 aromatic rings. The number of aromatic nitrogens is 3. The fraction of sp³-hybridized carbons (Fsp3) is 0.474. The Hall–Kier alpha value is -1.60. The Labute approximate surface area is 169 Å². The van der Waals surface area contributed by atoms with Crippen molar-refractivity contribution in [2.45, 2.75) is 32.4 Å². The molecule has 0 bridgehead atoms. The Morgan fingerprint density at radius 2 is 2.11 bits per heavy atom. The summed E-state index contributed by atoms with van der Waals surface area (Å²) in [5.74, 6) is 0. The molecule has 1 aromatic carbocycles. The minimum atomic E-state index is -0.368. The molecule has 3 rings (SSSR count). The summed E-state index contributed by atoms with van der Waals surface area (Å²) < 4.78 is 19.1. The van der Waals surface area contributed by atoms with Gasteiger partial charge in [-0.15, -0.1) is 0 Å². The largest absolute Gasteiger partial charge is 0.495 e. The van der Waals surface area contributed by atoms with Gasteiger partial charge in [0.2, 0.25) is 0 Å². The number of halogens is 2. The molecule has 2 atom stereocenters. The van der Waals surface area contributed by atoms with Crippen LogP contribution < -0.4 is 0 Å². The van der Waals surface area contributed by atoms with Crippen LogP contribution in [0.5, 0.6) is 0 Å². The Bertz CT molecular complexity index is 762. The molecule has 1 aromatic heterocycles. The van der Waals surface area contributed by atoms with E-state index >= 15 is 0 Å². The lowest BCUT2D eigenvalue weighted by Crippen LogP contribution is -2.49. The van der Waals surface area contributed by atoms with Gasteiger partial charge in [0.15, 0.2) is 0 Å². The van der Waals surface area contributed by atoms with Gasteiger partial charge in [-0.2, -0.15) is 5.10 Å². The first-order valence-corrected chi connectivity index (χ1v) is 9.49. The maximum atomic E-state index is 6.43. The molecule has 1 fully saturated rings. The summed E-state index contributed by atoms with van der Waals surface area (Å²) in [6.07, 6.45) is 7.07. The van der Waals surface area contributed by atoms with E-state index in [2.05, 4.69) is 17.0 Å². The normalized spacial score (nSPS) is 19.1. The molecule has 0 N–H and O–H groups in total. The molecule has 0 spiro atoms. The first kappa shape index (κ1) is 20.1. The fourth-order valence-electron chi connectivity index (χ4n) is 3.34. The van der Waals surface area contributed by atoms with Gasteiger partial charge in [0.05, 0.1) is 30.9 Å². The van der Waals surface area contributed by atoms with Crippen LogP contribution in [0.1, 0.15) is 25.5 Å². The Morgan fingerprint density at radius 3 is 2.74 bits per heavy atom. The second-order valence-electron chi connectivity index (χ2n) is 6.88. The van der Waals surface area contributed by atoms with E-state index in [0.717, 1.165) is 5.56 Å². The van der Waals surface area contributed by atoms with Crippen molar-refractivity contribution in [3.63, 3.8) is 0 Å².